The lowest BCUT2D eigenvalue weighted by Gasteiger charge is -2.32. The molecule has 2 aromatic heterocycles. The molecule has 0 spiro atoms. The molecule has 160 valence electrons. The van der Waals surface area contributed by atoms with Gasteiger partial charge in [0, 0.05) is 41.7 Å². The first kappa shape index (κ1) is 20.1. The van der Waals surface area contributed by atoms with Crippen LogP contribution in [0.3, 0.4) is 0 Å². The highest BCUT2D eigenvalue weighted by atomic mass is 16.5. The molecule has 0 saturated carbocycles. The number of hydrogen-bond donors (Lipinski definition) is 1. The quantitative estimate of drug-likeness (QED) is 0.406. The van der Waals surface area contributed by atoms with Crippen molar-refractivity contribution in [3.63, 3.8) is 0 Å². The maximum absolute atomic E-state index is 12.2. The van der Waals surface area contributed by atoms with Gasteiger partial charge < -0.3 is 14.6 Å². The number of amides is 1. The van der Waals surface area contributed by atoms with Gasteiger partial charge in [0.15, 0.2) is 0 Å². The number of pyridine rings is 1. The number of piperidine rings is 1. The van der Waals surface area contributed by atoms with Crippen molar-refractivity contribution in [2.45, 2.75) is 18.8 Å². The van der Waals surface area contributed by atoms with E-state index in [4.69, 9.17) is 9.72 Å². The second-order valence-electron chi connectivity index (χ2n) is 8.10. The topological polar surface area (TPSA) is 58.2 Å². The van der Waals surface area contributed by atoms with Gasteiger partial charge in [0.05, 0.1) is 11.4 Å². The summed E-state index contributed by atoms with van der Waals surface area (Å²) in [6.07, 6.45) is 5.33. The van der Waals surface area contributed by atoms with E-state index < -0.39 is 0 Å². The summed E-state index contributed by atoms with van der Waals surface area (Å²) in [5.74, 6) is 1.79. The van der Waals surface area contributed by atoms with Crippen molar-refractivity contribution >= 4 is 16.8 Å². The van der Waals surface area contributed by atoms with E-state index in [2.05, 4.69) is 23.7 Å². The van der Waals surface area contributed by atoms with Crippen molar-refractivity contribution in [2.24, 2.45) is 0 Å². The molecule has 1 aliphatic heterocycles. The lowest BCUT2D eigenvalue weighted by molar-refractivity contribution is -0.127. The van der Waals surface area contributed by atoms with Crippen LogP contribution in [0, 0.1) is 0 Å². The Kier molecular flexibility index (Phi) is 5.46. The van der Waals surface area contributed by atoms with Gasteiger partial charge in [0.1, 0.15) is 11.5 Å². The number of H-pyrrole nitrogens is 1. The molecule has 2 aromatic carbocycles. The van der Waals surface area contributed by atoms with E-state index in [1.165, 1.54) is 6.08 Å². The molecule has 1 amide bonds. The fraction of sp³-hybridized carbons (Fsp3) is 0.185. The third-order valence-corrected chi connectivity index (χ3v) is 6.00. The second-order valence-corrected chi connectivity index (χ2v) is 8.10. The highest BCUT2D eigenvalue weighted by Gasteiger charge is 2.26. The van der Waals surface area contributed by atoms with Crippen molar-refractivity contribution < 1.29 is 9.53 Å². The smallest absolute Gasteiger partial charge is 0.245 e. The average Bonchev–Trinajstić information content (AvgIpc) is 3.33. The van der Waals surface area contributed by atoms with E-state index in [0.717, 1.165) is 58.7 Å². The Morgan fingerprint density at radius 1 is 1.09 bits per heavy atom. The van der Waals surface area contributed by atoms with Crippen LogP contribution in [0.4, 0.5) is 0 Å². The zero-order valence-corrected chi connectivity index (χ0v) is 17.8. The van der Waals surface area contributed by atoms with Crippen molar-refractivity contribution in [1.82, 2.24) is 14.9 Å². The molecule has 0 bridgehead atoms. The minimum absolute atomic E-state index is 0.00910. The zero-order chi connectivity index (χ0) is 21.9. The van der Waals surface area contributed by atoms with Gasteiger partial charge in [0.25, 0.3) is 0 Å². The van der Waals surface area contributed by atoms with Crippen LogP contribution in [0.2, 0.25) is 0 Å². The van der Waals surface area contributed by atoms with Gasteiger partial charge in [-0.1, -0.05) is 24.8 Å². The van der Waals surface area contributed by atoms with Crippen LogP contribution >= 0.6 is 0 Å². The lowest BCUT2D eigenvalue weighted by atomic mass is 9.91. The Morgan fingerprint density at radius 3 is 2.66 bits per heavy atom. The Labute approximate surface area is 187 Å². The van der Waals surface area contributed by atoms with E-state index in [0.29, 0.717) is 6.54 Å². The highest BCUT2D eigenvalue weighted by molar-refractivity contribution is 5.88. The lowest BCUT2D eigenvalue weighted by Crippen LogP contribution is -2.38. The zero-order valence-electron chi connectivity index (χ0n) is 17.8. The molecule has 0 unspecified atom stereocenters. The van der Waals surface area contributed by atoms with E-state index in [1.54, 1.807) is 0 Å². The van der Waals surface area contributed by atoms with Crippen LogP contribution in [0.1, 0.15) is 24.5 Å². The summed E-state index contributed by atoms with van der Waals surface area (Å²) in [6, 6.07) is 21.9. The highest BCUT2D eigenvalue weighted by Crippen LogP contribution is 2.34. The van der Waals surface area contributed by atoms with Crippen LogP contribution < -0.4 is 4.74 Å². The largest absolute Gasteiger partial charge is 0.457 e. The number of rotatable bonds is 5. The summed E-state index contributed by atoms with van der Waals surface area (Å²) in [7, 11) is 0. The molecule has 0 aliphatic carbocycles. The summed E-state index contributed by atoms with van der Waals surface area (Å²) in [5.41, 5.74) is 4.04. The number of carbonyl (C=O) groups is 1. The molecule has 3 heterocycles. The number of para-hydroxylation sites is 1. The SMILES string of the molecule is C=CC(=O)N1CCC[C@@H](c2nc(-c3ccc(Oc4ccccc4)cc3)cc3[nH]ccc23)C1. The summed E-state index contributed by atoms with van der Waals surface area (Å²) in [5, 5.41) is 1.12. The first-order valence-electron chi connectivity index (χ1n) is 10.9. The van der Waals surface area contributed by atoms with Crippen molar-refractivity contribution in [2.75, 3.05) is 13.1 Å². The van der Waals surface area contributed by atoms with Gasteiger partial charge in [0.2, 0.25) is 5.91 Å². The number of benzene rings is 2. The predicted molar refractivity (Wildman–Crippen MR) is 127 cm³/mol. The molecule has 32 heavy (non-hydrogen) atoms. The minimum atomic E-state index is -0.00910. The summed E-state index contributed by atoms with van der Waals surface area (Å²) >= 11 is 0. The summed E-state index contributed by atoms with van der Waals surface area (Å²) in [4.78, 5) is 22.5. The molecule has 1 aliphatic rings. The van der Waals surface area contributed by atoms with Gasteiger partial charge in [-0.25, -0.2) is 0 Å². The standard InChI is InChI=1S/C27H25N3O2/c1-2-26(31)30-16-6-7-20(18-30)27-23-14-15-28-25(23)17-24(29-27)19-10-12-22(13-11-19)32-21-8-4-3-5-9-21/h2-5,8-15,17,20,28H,1,6-7,16,18H2/t20-/m1/s1. The molecule has 1 N–H and O–H groups in total. The van der Waals surface area contributed by atoms with Crippen molar-refractivity contribution in [3.05, 3.63) is 91.3 Å². The van der Waals surface area contributed by atoms with E-state index in [1.807, 2.05) is 65.7 Å². The van der Waals surface area contributed by atoms with Crippen LogP contribution in [0.5, 0.6) is 11.5 Å². The number of hydrogen-bond acceptors (Lipinski definition) is 3. The number of aromatic nitrogens is 2. The first-order chi connectivity index (χ1) is 15.7. The van der Waals surface area contributed by atoms with E-state index >= 15 is 0 Å². The molecule has 5 rings (SSSR count). The van der Waals surface area contributed by atoms with Gasteiger partial charge in [-0.05, 0) is 67.4 Å². The Hall–Kier alpha value is -3.86. The molecular formula is C27H25N3O2. The monoisotopic (exact) mass is 423 g/mol. The average molecular weight is 424 g/mol. The summed E-state index contributed by atoms with van der Waals surface area (Å²) < 4.78 is 5.92. The number of carbonyl (C=O) groups excluding carboxylic acids is 1. The van der Waals surface area contributed by atoms with Gasteiger partial charge in [-0.2, -0.15) is 0 Å². The Bertz CT molecular complexity index is 1250. The minimum Gasteiger partial charge on any atom is -0.457 e. The molecule has 1 fully saturated rings. The van der Waals surface area contributed by atoms with E-state index in [9.17, 15) is 4.79 Å². The number of nitrogens with one attached hydrogen (secondary N) is 1. The van der Waals surface area contributed by atoms with Crippen LogP contribution in [-0.4, -0.2) is 33.9 Å². The van der Waals surface area contributed by atoms with Gasteiger partial charge >= 0.3 is 0 Å². The van der Waals surface area contributed by atoms with E-state index in [-0.39, 0.29) is 11.8 Å². The van der Waals surface area contributed by atoms with Crippen molar-refractivity contribution in [1.29, 1.82) is 0 Å². The first-order valence-corrected chi connectivity index (χ1v) is 10.9. The predicted octanol–water partition coefficient (Wildman–Crippen LogP) is 5.91. The molecular weight excluding hydrogens is 398 g/mol. The van der Waals surface area contributed by atoms with Crippen LogP contribution in [0.15, 0.2) is 85.6 Å². The molecule has 5 nitrogen and oxygen atoms in total. The third-order valence-electron chi connectivity index (χ3n) is 6.00. The number of nitrogens with zero attached hydrogens (tertiary/aromatic N) is 2. The molecule has 0 radical (unpaired) electrons. The van der Waals surface area contributed by atoms with Gasteiger partial charge in [-0.3, -0.25) is 9.78 Å². The maximum atomic E-state index is 12.2. The molecule has 5 heteroatoms. The van der Waals surface area contributed by atoms with Crippen LogP contribution in [-0.2, 0) is 4.79 Å². The molecule has 4 aromatic rings. The number of likely N-dealkylation sites (tertiary alicyclic amines) is 1. The normalized spacial score (nSPS) is 16.1. The summed E-state index contributed by atoms with van der Waals surface area (Å²) in [6.45, 7) is 5.09. The Morgan fingerprint density at radius 2 is 1.88 bits per heavy atom. The number of fused-ring (bicyclic) bond motifs is 1. The van der Waals surface area contributed by atoms with Crippen LogP contribution in [0.25, 0.3) is 22.2 Å². The maximum Gasteiger partial charge on any atom is 0.245 e. The fourth-order valence-electron chi connectivity index (χ4n) is 4.39. The fourth-order valence-corrected chi connectivity index (χ4v) is 4.39. The van der Waals surface area contributed by atoms with Crippen molar-refractivity contribution in [3.8, 4) is 22.8 Å². The number of aromatic amines is 1. The molecule has 1 saturated heterocycles. The Balaban J connectivity index is 1.45. The second kappa shape index (κ2) is 8.71. The molecule has 1 atom stereocenters. The van der Waals surface area contributed by atoms with Gasteiger partial charge in [-0.15, -0.1) is 0 Å². The number of ether oxygens (including phenoxy) is 1. The third kappa shape index (κ3) is 4.02.